The van der Waals surface area contributed by atoms with Gasteiger partial charge >= 0.3 is 0 Å². The van der Waals surface area contributed by atoms with Crippen molar-refractivity contribution in [1.82, 2.24) is 0 Å². The van der Waals surface area contributed by atoms with E-state index in [1.165, 1.54) is 0 Å². The molecule has 0 rings (SSSR count). The van der Waals surface area contributed by atoms with Crippen molar-refractivity contribution in [2.24, 2.45) is 5.92 Å². The minimum absolute atomic E-state index is 0.0377. The molecule has 0 amide bonds. The molecule has 0 saturated heterocycles. The Morgan fingerprint density at radius 3 is 1.83 bits per heavy atom. The molecule has 4 heteroatoms. The first-order valence-corrected chi connectivity index (χ1v) is 6.59. The topological polar surface area (TPSA) is 57.5 Å². The van der Waals surface area contributed by atoms with Crippen molar-refractivity contribution >= 4 is 7.14 Å². The maximum atomic E-state index is 11.9. The Morgan fingerprint density at radius 1 is 1.17 bits per heavy atom. The molecule has 0 heterocycles. The highest BCUT2D eigenvalue weighted by Gasteiger charge is 2.21. The molecule has 0 bridgehead atoms. The van der Waals surface area contributed by atoms with Gasteiger partial charge in [0.15, 0.2) is 0 Å². The van der Waals surface area contributed by atoms with Gasteiger partial charge in [-0.25, -0.2) is 0 Å². The van der Waals surface area contributed by atoms with Gasteiger partial charge in [0.25, 0.3) is 0 Å². The Labute approximate surface area is 74.2 Å². The van der Waals surface area contributed by atoms with Crippen molar-refractivity contribution in [1.29, 1.82) is 0 Å². The summed E-state index contributed by atoms with van der Waals surface area (Å²) in [5, 5.41) is 17.4. The summed E-state index contributed by atoms with van der Waals surface area (Å²) in [7, 11) is -2.28. The Bertz CT molecular complexity index is 146. The van der Waals surface area contributed by atoms with Gasteiger partial charge in [0.1, 0.15) is 0 Å². The third-order valence-electron chi connectivity index (χ3n) is 1.71. The first-order chi connectivity index (χ1) is 5.54. The smallest absolute Gasteiger partial charge is 0.0924 e. The molecule has 0 atom stereocenters. The fraction of sp³-hybridized carbons (Fsp3) is 1.00. The first-order valence-electron chi connectivity index (χ1n) is 4.33. The van der Waals surface area contributed by atoms with Crippen LogP contribution in [0.15, 0.2) is 0 Å². The van der Waals surface area contributed by atoms with Crippen LogP contribution < -0.4 is 0 Å². The fourth-order valence-electron chi connectivity index (χ4n) is 1.32. The number of aliphatic hydroxyl groups excluding tert-OH is 2. The molecule has 3 nitrogen and oxygen atoms in total. The molecule has 0 aromatic heterocycles. The summed E-state index contributed by atoms with van der Waals surface area (Å²) < 4.78 is 11.9. The van der Waals surface area contributed by atoms with Crippen LogP contribution in [0.3, 0.4) is 0 Å². The van der Waals surface area contributed by atoms with Crippen LogP contribution in [-0.2, 0) is 4.57 Å². The lowest BCUT2D eigenvalue weighted by atomic mass is 10.3. The molecule has 12 heavy (non-hydrogen) atoms. The number of hydrogen-bond acceptors (Lipinski definition) is 3. The molecule has 0 aromatic carbocycles. The zero-order valence-electron chi connectivity index (χ0n) is 7.86. The van der Waals surface area contributed by atoms with Gasteiger partial charge in [0, 0.05) is 31.7 Å². The van der Waals surface area contributed by atoms with Crippen LogP contribution in [0.1, 0.15) is 13.8 Å². The largest absolute Gasteiger partial charge is 0.396 e. The summed E-state index contributed by atoms with van der Waals surface area (Å²) >= 11 is 0. The molecule has 0 aliphatic heterocycles. The van der Waals surface area contributed by atoms with E-state index in [1.807, 2.05) is 13.8 Å². The van der Waals surface area contributed by atoms with Gasteiger partial charge in [0.2, 0.25) is 0 Å². The SMILES string of the molecule is CC(C)CP(=O)(CCO)CCO. The maximum Gasteiger partial charge on any atom is 0.0924 e. The summed E-state index contributed by atoms with van der Waals surface area (Å²) in [6, 6.07) is 0. The van der Waals surface area contributed by atoms with Crippen LogP contribution in [0, 0.1) is 5.92 Å². The highest BCUT2D eigenvalue weighted by atomic mass is 31.2. The summed E-state index contributed by atoms with van der Waals surface area (Å²) in [6.07, 6.45) is 1.34. The van der Waals surface area contributed by atoms with E-state index >= 15 is 0 Å². The Kier molecular flexibility index (Phi) is 5.81. The molecule has 0 aliphatic carbocycles. The predicted octanol–water partition coefficient (Wildman–Crippen LogP) is 0.990. The molecule has 2 N–H and O–H groups in total. The third-order valence-corrected chi connectivity index (χ3v) is 5.14. The average Bonchev–Trinajstić information content (AvgIpc) is 1.85. The standard InChI is InChI=1S/C8H19O3P/c1-8(2)7-12(11,5-3-9)6-4-10/h8-10H,3-7H2,1-2H3. The van der Waals surface area contributed by atoms with E-state index < -0.39 is 7.14 Å². The minimum atomic E-state index is -2.28. The van der Waals surface area contributed by atoms with Crippen molar-refractivity contribution in [2.75, 3.05) is 31.7 Å². The average molecular weight is 194 g/mol. The lowest BCUT2D eigenvalue weighted by molar-refractivity contribution is 0.311. The van der Waals surface area contributed by atoms with Crippen LogP contribution in [-0.4, -0.2) is 41.9 Å². The number of hydrogen-bond donors (Lipinski definition) is 2. The second-order valence-corrected chi connectivity index (χ2v) is 6.90. The molecule has 0 aromatic rings. The molecule has 0 radical (unpaired) electrons. The van der Waals surface area contributed by atoms with Gasteiger partial charge in [-0.3, -0.25) is 0 Å². The molecular weight excluding hydrogens is 175 g/mol. The van der Waals surface area contributed by atoms with Crippen LogP contribution in [0.4, 0.5) is 0 Å². The summed E-state index contributed by atoms with van der Waals surface area (Å²) in [4.78, 5) is 0. The second kappa shape index (κ2) is 5.74. The summed E-state index contributed by atoms with van der Waals surface area (Å²) in [5.41, 5.74) is 0. The van der Waals surface area contributed by atoms with Gasteiger partial charge in [-0.2, -0.15) is 0 Å². The second-order valence-electron chi connectivity index (χ2n) is 3.53. The summed E-state index contributed by atoms with van der Waals surface area (Å²) in [6.45, 7) is 3.93. The fourth-order valence-corrected chi connectivity index (χ4v) is 3.97. The van der Waals surface area contributed by atoms with Gasteiger partial charge in [-0.15, -0.1) is 0 Å². The van der Waals surface area contributed by atoms with Crippen molar-refractivity contribution in [2.45, 2.75) is 13.8 Å². The Balaban J connectivity index is 4.08. The lowest BCUT2D eigenvalue weighted by Gasteiger charge is -2.17. The quantitative estimate of drug-likeness (QED) is 0.620. The predicted molar refractivity (Wildman–Crippen MR) is 51.2 cm³/mol. The van der Waals surface area contributed by atoms with E-state index in [4.69, 9.17) is 10.2 Å². The molecule has 74 valence electrons. The van der Waals surface area contributed by atoms with Crippen molar-refractivity contribution in [3.63, 3.8) is 0 Å². The van der Waals surface area contributed by atoms with Crippen LogP contribution in [0.5, 0.6) is 0 Å². The van der Waals surface area contributed by atoms with Crippen LogP contribution in [0.2, 0.25) is 0 Å². The number of aliphatic hydroxyl groups is 2. The van der Waals surface area contributed by atoms with Crippen LogP contribution in [0.25, 0.3) is 0 Å². The zero-order valence-corrected chi connectivity index (χ0v) is 8.76. The highest BCUT2D eigenvalue weighted by molar-refractivity contribution is 7.64. The normalized spacial score (nSPS) is 12.4. The van der Waals surface area contributed by atoms with Gasteiger partial charge in [-0.1, -0.05) is 13.8 Å². The zero-order chi connectivity index (χ0) is 9.61. The Morgan fingerprint density at radius 2 is 1.58 bits per heavy atom. The highest BCUT2D eigenvalue weighted by Crippen LogP contribution is 2.46. The molecule has 0 unspecified atom stereocenters. The molecule has 0 fully saturated rings. The van der Waals surface area contributed by atoms with Crippen LogP contribution >= 0.6 is 7.14 Å². The Hall–Kier alpha value is 0.150. The van der Waals surface area contributed by atoms with Gasteiger partial charge in [0.05, 0.1) is 7.14 Å². The van der Waals surface area contributed by atoms with E-state index in [0.29, 0.717) is 24.4 Å². The van der Waals surface area contributed by atoms with Gasteiger partial charge in [-0.05, 0) is 5.92 Å². The monoisotopic (exact) mass is 194 g/mol. The maximum absolute atomic E-state index is 11.9. The van der Waals surface area contributed by atoms with Crippen molar-refractivity contribution in [3.05, 3.63) is 0 Å². The summed E-state index contributed by atoms with van der Waals surface area (Å²) in [5.74, 6) is 0.369. The van der Waals surface area contributed by atoms with E-state index in [9.17, 15) is 4.57 Å². The minimum Gasteiger partial charge on any atom is -0.396 e. The third kappa shape index (κ3) is 4.91. The molecule has 0 spiro atoms. The van der Waals surface area contributed by atoms with Crippen molar-refractivity contribution in [3.8, 4) is 0 Å². The molecular formula is C8H19O3P. The van der Waals surface area contributed by atoms with E-state index in [2.05, 4.69) is 0 Å². The molecule has 0 saturated carbocycles. The lowest BCUT2D eigenvalue weighted by Crippen LogP contribution is -2.09. The first kappa shape index (κ1) is 12.2. The molecule has 0 aliphatic rings. The van der Waals surface area contributed by atoms with E-state index in [1.54, 1.807) is 0 Å². The van der Waals surface area contributed by atoms with E-state index in [-0.39, 0.29) is 13.2 Å². The number of rotatable bonds is 6. The van der Waals surface area contributed by atoms with Crippen molar-refractivity contribution < 1.29 is 14.8 Å². The van der Waals surface area contributed by atoms with E-state index in [0.717, 1.165) is 0 Å². The van der Waals surface area contributed by atoms with Gasteiger partial charge < -0.3 is 14.8 Å².